The summed E-state index contributed by atoms with van der Waals surface area (Å²) in [5, 5.41) is 9.45. The number of hydrogen-bond acceptors (Lipinski definition) is 8. The van der Waals surface area contributed by atoms with E-state index in [1.165, 1.54) is 13.2 Å². The molecule has 1 heterocycles. The van der Waals surface area contributed by atoms with Crippen LogP contribution in [0.25, 0.3) is 0 Å². The molecule has 0 aromatic heterocycles. The Morgan fingerprint density at radius 1 is 1.28 bits per heavy atom. The van der Waals surface area contributed by atoms with Gasteiger partial charge in [0, 0.05) is 5.71 Å². The third-order valence-electron chi connectivity index (χ3n) is 2.93. The number of benzene rings is 1. The van der Waals surface area contributed by atoms with E-state index in [0.29, 0.717) is 5.71 Å². The zero-order valence-electron chi connectivity index (χ0n) is 13.9. The Bertz CT molecular complexity index is 756. The minimum Gasteiger partial charge on any atom is -0.465 e. The predicted molar refractivity (Wildman–Crippen MR) is 94.0 cm³/mol. The molecule has 1 saturated heterocycles. The number of rotatable bonds is 5. The van der Waals surface area contributed by atoms with Crippen molar-refractivity contribution in [2.45, 2.75) is 19.2 Å². The number of hydrogen-bond donors (Lipinski definition) is 1. The Hall–Kier alpha value is -2.68. The van der Waals surface area contributed by atoms with Crippen LogP contribution >= 0.6 is 11.8 Å². The number of thioether (sulfide) groups is 1. The van der Waals surface area contributed by atoms with Crippen LogP contribution in [0, 0.1) is 0 Å². The Morgan fingerprint density at radius 3 is 2.64 bits per heavy atom. The van der Waals surface area contributed by atoms with Gasteiger partial charge in [-0.25, -0.2) is 4.79 Å². The summed E-state index contributed by atoms with van der Waals surface area (Å²) in [4.78, 5) is 35.4. The molecule has 1 fully saturated rings. The maximum absolute atomic E-state index is 12.5. The van der Waals surface area contributed by atoms with Crippen LogP contribution in [-0.4, -0.2) is 47.5 Å². The number of ether oxygens (including phenoxy) is 2. The number of esters is 1. The van der Waals surface area contributed by atoms with Gasteiger partial charge in [-0.05, 0) is 32.0 Å². The van der Waals surface area contributed by atoms with Crippen LogP contribution in [0.5, 0.6) is 5.75 Å². The second-order valence-corrected chi connectivity index (χ2v) is 6.29. The van der Waals surface area contributed by atoms with Crippen LogP contribution in [0.3, 0.4) is 0 Å². The summed E-state index contributed by atoms with van der Waals surface area (Å²) >= 11 is 1.15. The van der Waals surface area contributed by atoms with Crippen LogP contribution in [0.15, 0.2) is 34.5 Å². The average Bonchev–Trinajstić information content (AvgIpc) is 3.03. The van der Waals surface area contributed by atoms with E-state index < -0.39 is 17.1 Å². The summed E-state index contributed by atoms with van der Waals surface area (Å²) in [6.07, 6.45) is 0. The van der Waals surface area contributed by atoms with Gasteiger partial charge in [-0.2, -0.15) is 5.10 Å². The molecule has 25 heavy (non-hydrogen) atoms. The van der Waals surface area contributed by atoms with Gasteiger partial charge in [0.15, 0.2) is 0 Å². The maximum atomic E-state index is 12.5. The summed E-state index contributed by atoms with van der Waals surface area (Å²) in [6, 6.07) is 6.14. The summed E-state index contributed by atoms with van der Waals surface area (Å²) in [5.74, 6) is -1.13. The van der Waals surface area contributed by atoms with E-state index in [0.717, 1.165) is 11.8 Å². The maximum Gasteiger partial charge on any atom is 0.337 e. The topological polar surface area (TPSA) is 106 Å². The first-order valence-electron chi connectivity index (χ1n) is 7.31. The number of amides is 1. The van der Waals surface area contributed by atoms with Gasteiger partial charge in [0.1, 0.15) is 11.1 Å². The number of nitrogens with one attached hydrogen (secondary N) is 1. The molecule has 132 valence electrons. The molecule has 1 unspecified atom stereocenters. The molecule has 9 heteroatoms. The SMILES string of the molecule is COC(=O)c1cccc(OC(=NN=C(C)C)C(=O)C2NC(=O)CS2)c1. The Morgan fingerprint density at radius 2 is 2.04 bits per heavy atom. The minimum atomic E-state index is -0.776. The molecular weight excluding hydrogens is 346 g/mol. The standard InChI is InChI=1S/C16H17N3O5S/c1-9(2)18-19-14(13(21)15-17-12(20)8-25-15)24-11-6-4-5-10(7-11)16(22)23-3/h4-7,15H,8H2,1-3H3,(H,17,20). The number of carbonyl (C=O) groups excluding carboxylic acids is 3. The second-order valence-electron chi connectivity index (χ2n) is 5.20. The van der Waals surface area contributed by atoms with Crippen molar-refractivity contribution in [1.29, 1.82) is 0 Å². The lowest BCUT2D eigenvalue weighted by atomic mass is 10.2. The highest BCUT2D eigenvalue weighted by molar-refractivity contribution is 8.01. The Labute approximate surface area is 148 Å². The highest BCUT2D eigenvalue weighted by Gasteiger charge is 2.32. The molecule has 0 aliphatic carbocycles. The molecule has 0 radical (unpaired) electrons. The van der Waals surface area contributed by atoms with Gasteiger partial charge in [0.25, 0.3) is 11.7 Å². The number of methoxy groups -OCH3 is 1. The van der Waals surface area contributed by atoms with Crippen LogP contribution in [0.2, 0.25) is 0 Å². The van der Waals surface area contributed by atoms with Crippen molar-refractivity contribution in [2.24, 2.45) is 10.2 Å². The van der Waals surface area contributed by atoms with Gasteiger partial charge >= 0.3 is 5.97 Å². The van der Waals surface area contributed by atoms with Crippen LogP contribution in [-0.2, 0) is 14.3 Å². The third-order valence-corrected chi connectivity index (χ3v) is 4.03. The molecule has 1 amide bonds. The third kappa shape index (κ3) is 5.15. The Kier molecular flexibility index (Phi) is 6.29. The lowest BCUT2D eigenvalue weighted by molar-refractivity contribution is -0.121. The van der Waals surface area contributed by atoms with Crippen LogP contribution in [0.1, 0.15) is 24.2 Å². The highest BCUT2D eigenvalue weighted by Crippen LogP contribution is 2.19. The highest BCUT2D eigenvalue weighted by atomic mass is 32.2. The number of ketones is 1. The van der Waals surface area contributed by atoms with E-state index in [9.17, 15) is 14.4 Å². The van der Waals surface area contributed by atoms with E-state index in [2.05, 4.69) is 20.3 Å². The first kappa shape index (κ1) is 18.7. The fourth-order valence-electron chi connectivity index (χ4n) is 1.82. The van der Waals surface area contributed by atoms with Gasteiger partial charge < -0.3 is 14.8 Å². The van der Waals surface area contributed by atoms with E-state index in [-0.39, 0.29) is 28.9 Å². The van der Waals surface area contributed by atoms with Crippen molar-refractivity contribution >= 4 is 41.0 Å². The Balaban J connectivity index is 2.26. The van der Waals surface area contributed by atoms with Crippen molar-refractivity contribution in [3.05, 3.63) is 29.8 Å². The summed E-state index contributed by atoms with van der Waals surface area (Å²) < 4.78 is 10.2. The van der Waals surface area contributed by atoms with Gasteiger partial charge in [-0.1, -0.05) is 6.07 Å². The first-order chi connectivity index (χ1) is 11.9. The molecule has 1 atom stereocenters. The van der Waals surface area contributed by atoms with Crippen LogP contribution < -0.4 is 10.1 Å². The molecule has 0 spiro atoms. The molecule has 1 aromatic rings. The number of carbonyl (C=O) groups is 3. The quantitative estimate of drug-likeness (QED) is 0.367. The van der Waals surface area contributed by atoms with E-state index in [1.54, 1.807) is 32.0 Å². The molecule has 0 saturated carbocycles. The average molecular weight is 363 g/mol. The molecular formula is C16H17N3O5S. The number of Topliss-reactive ketones (excluding diaryl/α,β-unsaturated/α-hetero) is 1. The monoisotopic (exact) mass is 363 g/mol. The predicted octanol–water partition coefficient (Wildman–Crippen LogP) is 1.40. The molecule has 1 aliphatic heterocycles. The molecule has 1 aliphatic rings. The van der Waals surface area contributed by atoms with Crippen molar-refractivity contribution < 1.29 is 23.9 Å². The fourth-order valence-corrected chi connectivity index (χ4v) is 2.69. The van der Waals surface area contributed by atoms with Crippen molar-refractivity contribution in [3.63, 3.8) is 0 Å². The van der Waals surface area contributed by atoms with Gasteiger partial charge in [-0.15, -0.1) is 16.9 Å². The zero-order chi connectivity index (χ0) is 18.4. The largest absolute Gasteiger partial charge is 0.465 e. The van der Waals surface area contributed by atoms with Gasteiger partial charge in [0.2, 0.25) is 5.91 Å². The van der Waals surface area contributed by atoms with Crippen molar-refractivity contribution in [3.8, 4) is 5.75 Å². The van der Waals surface area contributed by atoms with Gasteiger partial charge in [0.05, 0.1) is 18.4 Å². The lowest BCUT2D eigenvalue weighted by Crippen LogP contribution is -2.38. The molecule has 8 nitrogen and oxygen atoms in total. The van der Waals surface area contributed by atoms with Crippen molar-refractivity contribution in [1.82, 2.24) is 5.32 Å². The first-order valence-corrected chi connectivity index (χ1v) is 8.36. The van der Waals surface area contributed by atoms with Crippen molar-refractivity contribution in [2.75, 3.05) is 12.9 Å². The van der Waals surface area contributed by atoms with E-state index >= 15 is 0 Å². The smallest absolute Gasteiger partial charge is 0.337 e. The summed E-state index contributed by atoms with van der Waals surface area (Å²) in [6.45, 7) is 3.44. The molecule has 1 aromatic carbocycles. The molecule has 0 bridgehead atoms. The zero-order valence-corrected chi connectivity index (χ0v) is 14.8. The minimum absolute atomic E-state index is 0.192. The summed E-state index contributed by atoms with van der Waals surface area (Å²) in [5.41, 5.74) is 0.894. The van der Waals surface area contributed by atoms with Crippen LogP contribution in [0.4, 0.5) is 0 Å². The van der Waals surface area contributed by atoms with Gasteiger partial charge in [-0.3, -0.25) is 9.59 Å². The molecule has 1 N–H and O–H groups in total. The van der Waals surface area contributed by atoms with E-state index in [4.69, 9.17) is 4.74 Å². The molecule has 2 rings (SSSR count). The summed E-state index contributed by atoms with van der Waals surface area (Å²) in [7, 11) is 1.27. The number of nitrogens with zero attached hydrogens (tertiary/aromatic N) is 2. The second kappa shape index (κ2) is 8.43. The van der Waals surface area contributed by atoms with E-state index in [1.807, 2.05) is 0 Å². The lowest BCUT2D eigenvalue weighted by Gasteiger charge is -2.11. The fraction of sp³-hybridized carbons (Fsp3) is 0.312. The normalized spacial score (nSPS) is 16.8.